The maximum absolute atomic E-state index is 12.3. The zero-order chi connectivity index (χ0) is 19.2. The number of amides is 2. The third-order valence-electron chi connectivity index (χ3n) is 6.00. The summed E-state index contributed by atoms with van der Waals surface area (Å²) >= 11 is 0. The fourth-order valence-corrected chi connectivity index (χ4v) is 3.92. The molecule has 2 aliphatic heterocycles. The third-order valence-corrected chi connectivity index (χ3v) is 6.00. The lowest BCUT2D eigenvalue weighted by Gasteiger charge is -2.50. The van der Waals surface area contributed by atoms with Crippen LogP contribution in [0.1, 0.15) is 46.0 Å². The molecule has 0 aromatic heterocycles. The summed E-state index contributed by atoms with van der Waals surface area (Å²) in [5.41, 5.74) is 5.87. The molecule has 2 saturated heterocycles. The highest BCUT2D eigenvalue weighted by molar-refractivity contribution is 5.87. The Labute approximate surface area is 194 Å². The van der Waals surface area contributed by atoms with Crippen LogP contribution in [0.3, 0.4) is 0 Å². The van der Waals surface area contributed by atoms with Gasteiger partial charge in [0.05, 0.1) is 12.6 Å². The van der Waals surface area contributed by atoms with E-state index in [1.165, 1.54) is 19.3 Å². The van der Waals surface area contributed by atoms with E-state index in [1.807, 2.05) is 13.8 Å². The van der Waals surface area contributed by atoms with E-state index in [-0.39, 0.29) is 67.0 Å². The highest BCUT2D eigenvalue weighted by Crippen LogP contribution is 2.30. The third kappa shape index (κ3) is 9.15. The smallest absolute Gasteiger partial charge is 0.239 e. The van der Waals surface area contributed by atoms with Crippen LogP contribution in [0.25, 0.3) is 0 Å². The molecule has 29 heavy (non-hydrogen) atoms. The predicted octanol–water partition coefficient (Wildman–Crippen LogP) is 1.42. The molecule has 0 spiro atoms. The van der Waals surface area contributed by atoms with Gasteiger partial charge in [0.15, 0.2) is 0 Å². The van der Waals surface area contributed by atoms with E-state index < -0.39 is 6.04 Å². The van der Waals surface area contributed by atoms with Gasteiger partial charge >= 0.3 is 0 Å². The van der Waals surface area contributed by atoms with Gasteiger partial charge in [0.1, 0.15) is 0 Å². The average Bonchev–Trinajstić information content (AvgIpc) is 2.66. The molecule has 0 saturated carbocycles. The van der Waals surface area contributed by atoms with Crippen molar-refractivity contribution in [2.45, 2.75) is 57.5 Å². The number of hydrogen-bond acceptors (Lipinski definition) is 5. The van der Waals surface area contributed by atoms with Gasteiger partial charge in [-0.1, -0.05) is 20.3 Å². The van der Waals surface area contributed by atoms with E-state index in [9.17, 15) is 9.59 Å². The van der Waals surface area contributed by atoms with Gasteiger partial charge in [-0.15, -0.1) is 37.2 Å². The molecule has 174 valence electrons. The largest absolute Gasteiger partial charge is 0.353 e. The quantitative estimate of drug-likeness (QED) is 0.517. The number of nitrogens with two attached hydrogens (primary N) is 1. The number of likely N-dealkylation sites (tertiary alicyclic amines) is 2. The summed E-state index contributed by atoms with van der Waals surface area (Å²) in [5, 5.41) is 5.73. The second-order valence-corrected chi connectivity index (χ2v) is 8.34. The summed E-state index contributed by atoms with van der Waals surface area (Å²) < 4.78 is 0. The number of halogens is 3. The molecule has 2 amide bonds. The first-order chi connectivity index (χ1) is 12.3. The molecule has 2 heterocycles. The van der Waals surface area contributed by atoms with Gasteiger partial charge in [0, 0.05) is 12.1 Å². The first kappa shape index (κ1) is 30.9. The van der Waals surface area contributed by atoms with Gasteiger partial charge in [-0.3, -0.25) is 14.5 Å². The number of piperidine rings is 2. The Kier molecular flexibility index (Phi) is 15.6. The van der Waals surface area contributed by atoms with Gasteiger partial charge in [-0.2, -0.15) is 0 Å². The second kappa shape index (κ2) is 14.7. The SMILES string of the molecule is CC(C)[C@H](N)C(=O)NCC(=O)NCC1(N2CCCCC2)CCN(C)CC1.Cl.Cl.Cl. The van der Waals surface area contributed by atoms with Gasteiger partial charge in [-0.05, 0) is 64.8 Å². The van der Waals surface area contributed by atoms with Crippen LogP contribution in [0, 0.1) is 5.92 Å². The lowest BCUT2D eigenvalue weighted by molar-refractivity contribution is -0.127. The Morgan fingerprint density at radius 3 is 2.03 bits per heavy atom. The van der Waals surface area contributed by atoms with Gasteiger partial charge in [0.25, 0.3) is 0 Å². The van der Waals surface area contributed by atoms with E-state index in [0.29, 0.717) is 6.54 Å². The van der Waals surface area contributed by atoms with Crippen LogP contribution < -0.4 is 16.4 Å². The van der Waals surface area contributed by atoms with E-state index >= 15 is 0 Å². The lowest BCUT2D eigenvalue weighted by atomic mass is 9.84. The molecule has 2 fully saturated rings. The summed E-state index contributed by atoms with van der Waals surface area (Å²) in [6, 6.07) is -0.573. The fourth-order valence-electron chi connectivity index (χ4n) is 3.92. The van der Waals surface area contributed by atoms with E-state index in [2.05, 4.69) is 27.5 Å². The number of nitrogens with one attached hydrogen (secondary N) is 2. The highest BCUT2D eigenvalue weighted by Gasteiger charge is 2.39. The fraction of sp³-hybridized carbons (Fsp3) is 0.895. The highest BCUT2D eigenvalue weighted by atomic mass is 35.5. The van der Waals surface area contributed by atoms with Crippen LogP contribution in [0.4, 0.5) is 0 Å². The van der Waals surface area contributed by atoms with Crippen molar-refractivity contribution in [2.24, 2.45) is 11.7 Å². The van der Waals surface area contributed by atoms with Crippen LogP contribution >= 0.6 is 37.2 Å². The Balaban J connectivity index is 0. The number of nitrogens with zero attached hydrogens (tertiary/aromatic N) is 2. The standard InChI is InChI=1S/C19H37N5O2.3ClH/c1-15(2)17(20)18(26)21-13-16(25)22-14-19(7-11-23(3)12-8-19)24-9-5-4-6-10-24;;;/h15,17H,4-14,20H2,1-3H3,(H,21,26)(H,22,25);3*1H/t17-;;;/m0.../s1. The molecule has 0 aromatic rings. The molecule has 0 radical (unpaired) electrons. The number of rotatable bonds is 7. The minimum absolute atomic E-state index is 0. The van der Waals surface area contributed by atoms with E-state index in [0.717, 1.165) is 39.0 Å². The van der Waals surface area contributed by atoms with Crippen LogP contribution in [-0.2, 0) is 9.59 Å². The minimum atomic E-state index is -0.573. The Bertz CT molecular complexity index is 482. The molecular formula is C19H40Cl3N5O2. The number of carbonyl (C=O) groups is 2. The van der Waals surface area contributed by atoms with Crippen LogP contribution in [0.5, 0.6) is 0 Å². The van der Waals surface area contributed by atoms with Crippen molar-refractivity contribution in [1.82, 2.24) is 20.4 Å². The number of carbonyl (C=O) groups excluding carboxylic acids is 2. The molecule has 2 rings (SSSR count). The van der Waals surface area contributed by atoms with Crippen molar-refractivity contribution in [3.63, 3.8) is 0 Å². The molecule has 7 nitrogen and oxygen atoms in total. The summed E-state index contributed by atoms with van der Waals surface area (Å²) in [6.45, 7) is 8.82. The Hall–Kier alpha value is -0.310. The molecule has 10 heteroatoms. The van der Waals surface area contributed by atoms with Crippen LogP contribution in [0.15, 0.2) is 0 Å². The van der Waals surface area contributed by atoms with E-state index in [1.54, 1.807) is 0 Å². The van der Waals surface area contributed by atoms with Crippen molar-refractivity contribution in [2.75, 3.05) is 46.3 Å². The van der Waals surface area contributed by atoms with Gasteiger partial charge < -0.3 is 21.3 Å². The Morgan fingerprint density at radius 1 is 0.966 bits per heavy atom. The van der Waals surface area contributed by atoms with Crippen molar-refractivity contribution in [1.29, 1.82) is 0 Å². The molecule has 0 aliphatic carbocycles. The van der Waals surface area contributed by atoms with Crippen molar-refractivity contribution >= 4 is 49.0 Å². The Morgan fingerprint density at radius 2 is 1.52 bits per heavy atom. The number of hydrogen-bond donors (Lipinski definition) is 3. The van der Waals surface area contributed by atoms with Crippen molar-refractivity contribution < 1.29 is 9.59 Å². The zero-order valence-electron chi connectivity index (χ0n) is 17.9. The van der Waals surface area contributed by atoms with Crippen molar-refractivity contribution in [3.8, 4) is 0 Å². The first-order valence-electron chi connectivity index (χ1n) is 10.1. The molecule has 0 unspecified atom stereocenters. The normalized spacial score (nSPS) is 20.4. The maximum atomic E-state index is 12.3. The van der Waals surface area contributed by atoms with Crippen molar-refractivity contribution in [3.05, 3.63) is 0 Å². The molecule has 4 N–H and O–H groups in total. The summed E-state index contributed by atoms with van der Waals surface area (Å²) in [4.78, 5) is 29.1. The molecule has 0 aromatic carbocycles. The van der Waals surface area contributed by atoms with Gasteiger partial charge in [0.2, 0.25) is 11.8 Å². The first-order valence-corrected chi connectivity index (χ1v) is 10.1. The van der Waals surface area contributed by atoms with Crippen LogP contribution in [0.2, 0.25) is 0 Å². The van der Waals surface area contributed by atoms with E-state index in [4.69, 9.17) is 5.73 Å². The molecular weight excluding hydrogens is 437 g/mol. The summed E-state index contributed by atoms with van der Waals surface area (Å²) in [6.07, 6.45) is 5.95. The summed E-state index contributed by atoms with van der Waals surface area (Å²) in [5.74, 6) is -0.343. The minimum Gasteiger partial charge on any atom is -0.353 e. The van der Waals surface area contributed by atoms with Gasteiger partial charge in [-0.25, -0.2) is 0 Å². The van der Waals surface area contributed by atoms with Crippen LogP contribution in [-0.4, -0.2) is 79.5 Å². The maximum Gasteiger partial charge on any atom is 0.239 e. The monoisotopic (exact) mass is 475 g/mol. The lowest BCUT2D eigenvalue weighted by Crippen LogP contribution is -2.61. The average molecular weight is 477 g/mol. The second-order valence-electron chi connectivity index (χ2n) is 8.34. The molecule has 1 atom stereocenters. The molecule has 0 bridgehead atoms. The summed E-state index contributed by atoms with van der Waals surface area (Å²) in [7, 11) is 2.16. The topological polar surface area (TPSA) is 90.7 Å². The molecule has 2 aliphatic rings. The zero-order valence-corrected chi connectivity index (χ0v) is 20.4. The predicted molar refractivity (Wildman–Crippen MR) is 125 cm³/mol.